The van der Waals surface area contributed by atoms with E-state index < -0.39 is 0 Å². The highest BCUT2D eigenvalue weighted by atomic mass is 16.2. The van der Waals surface area contributed by atoms with Crippen molar-refractivity contribution in [1.29, 1.82) is 0 Å². The average molecular weight is 234 g/mol. The third-order valence-corrected chi connectivity index (χ3v) is 3.22. The normalized spacial score (nSPS) is 25.0. The van der Waals surface area contributed by atoms with Crippen LogP contribution in [-0.4, -0.2) is 34.2 Å². The summed E-state index contributed by atoms with van der Waals surface area (Å²) in [5.74, 6) is 0.730. The molecule has 0 spiro atoms. The van der Waals surface area contributed by atoms with Crippen molar-refractivity contribution in [3.8, 4) is 0 Å². The Morgan fingerprint density at radius 1 is 1.41 bits per heavy atom. The predicted octanol–water partition coefficient (Wildman–Crippen LogP) is -0.338. The number of hydrogen-bond donors (Lipinski definition) is 1. The standard InChI is InChI=1S/C11H14N4O2/c1-14-5-4-8(13-14)15-6-9(16)12-10(11(15)17)7-2-3-7/h4-5,7,10H,2-3,6H2,1H3,(H,12,16). The maximum absolute atomic E-state index is 12.2. The lowest BCUT2D eigenvalue weighted by Crippen LogP contribution is -2.59. The highest BCUT2D eigenvalue weighted by molar-refractivity contribution is 6.06. The SMILES string of the molecule is Cn1ccc(N2CC(=O)NC(C3CC3)C2=O)n1. The maximum Gasteiger partial charge on any atom is 0.251 e. The Hall–Kier alpha value is -1.85. The average Bonchev–Trinajstić information content (AvgIpc) is 3.04. The van der Waals surface area contributed by atoms with Crippen LogP contribution in [0.15, 0.2) is 12.3 Å². The molecule has 2 amide bonds. The predicted molar refractivity (Wildman–Crippen MR) is 60.2 cm³/mol. The third-order valence-electron chi connectivity index (χ3n) is 3.22. The number of aryl methyl sites for hydroxylation is 1. The number of nitrogens with zero attached hydrogens (tertiary/aromatic N) is 3. The monoisotopic (exact) mass is 234 g/mol. The summed E-state index contributed by atoms with van der Waals surface area (Å²) in [6.45, 7) is 0.0685. The molecule has 1 aromatic rings. The van der Waals surface area contributed by atoms with Gasteiger partial charge in [0.05, 0.1) is 0 Å². The van der Waals surface area contributed by atoms with Crippen molar-refractivity contribution in [2.45, 2.75) is 18.9 Å². The molecule has 6 nitrogen and oxygen atoms in total. The van der Waals surface area contributed by atoms with Gasteiger partial charge in [-0.1, -0.05) is 0 Å². The largest absolute Gasteiger partial charge is 0.342 e. The second-order valence-corrected chi connectivity index (χ2v) is 4.65. The minimum atomic E-state index is -0.349. The first-order valence-corrected chi connectivity index (χ1v) is 5.75. The molecule has 2 aliphatic rings. The Kier molecular flexibility index (Phi) is 2.17. The molecule has 1 aliphatic carbocycles. The number of carbonyl (C=O) groups is 2. The lowest BCUT2D eigenvalue weighted by Gasteiger charge is -2.31. The van der Waals surface area contributed by atoms with Crippen molar-refractivity contribution in [3.05, 3.63) is 12.3 Å². The molecule has 6 heteroatoms. The first kappa shape index (κ1) is 10.3. The minimum absolute atomic E-state index is 0.0363. The van der Waals surface area contributed by atoms with E-state index in [9.17, 15) is 9.59 Å². The van der Waals surface area contributed by atoms with Gasteiger partial charge < -0.3 is 5.32 Å². The maximum atomic E-state index is 12.2. The highest BCUT2D eigenvalue weighted by Gasteiger charge is 2.43. The second kappa shape index (κ2) is 3.58. The summed E-state index contributed by atoms with van der Waals surface area (Å²) in [7, 11) is 1.79. The van der Waals surface area contributed by atoms with E-state index in [0.717, 1.165) is 12.8 Å². The zero-order valence-electron chi connectivity index (χ0n) is 9.59. The summed E-state index contributed by atoms with van der Waals surface area (Å²) < 4.78 is 1.63. The topological polar surface area (TPSA) is 67.2 Å². The van der Waals surface area contributed by atoms with E-state index in [2.05, 4.69) is 10.4 Å². The van der Waals surface area contributed by atoms with Gasteiger partial charge in [0, 0.05) is 19.3 Å². The molecule has 3 rings (SSSR count). The number of rotatable bonds is 2. The van der Waals surface area contributed by atoms with Crippen LogP contribution in [0.4, 0.5) is 5.82 Å². The highest BCUT2D eigenvalue weighted by Crippen LogP contribution is 2.34. The van der Waals surface area contributed by atoms with Crippen LogP contribution in [0.25, 0.3) is 0 Å². The van der Waals surface area contributed by atoms with Crippen molar-refractivity contribution in [2.24, 2.45) is 13.0 Å². The van der Waals surface area contributed by atoms with Crippen LogP contribution in [0.1, 0.15) is 12.8 Å². The van der Waals surface area contributed by atoms with Gasteiger partial charge in [0.1, 0.15) is 12.6 Å². The zero-order valence-corrected chi connectivity index (χ0v) is 9.59. The third kappa shape index (κ3) is 1.79. The van der Waals surface area contributed by atoms with Gasteiger partial charge in [-0.05, 0) is 18.8 Å². The van der Waals surface area contributed by atoms with Crippen molar-refractivity contribution in [1.82, 2.24) is 15.1 Å². The second-order valence-electron chi connectivity index (χ2n) is 4.65. The molecule has 0 radical (unpaired) electrons. The lowest BCUT2D eigenvalue weighted by atomic mass is 10.1. The van der Waals surface area contributed by atoms with Crippen LogP contribution in [0, 0.1) is 5.92 Å². The lowest BCUT2D eigenvalue weighted by molar-refractivity contribution is -0.131. The van der Waals surface area contributed by atoms with Gasteiger partial charge in [-0.2, -0.15) is 5.10 Å². The number of aromatic nitrogens is 2. The van der Waals surface area contributed by atoms with Gasteiger partial charge in [-0.3, -0.25) is 19.2 Å². The van der Waals surface area contributed by atoms with Crippen molar-refractivity contribution in [3.63, 3.8) is 0 Å². The number of carbonyl (C=O) groups excluding carboxylic acids is 2. The van der Waals surface area contributed by atoms with Crippen LogP contribution < -0.4 is 10.2 Å². The number of piperazine rings is 1. The molecule has 1 N–H and O–H groups in total. The zero-order chi connectivity index (χ0) is 12.0. The van der Waals surface area contributed by atoms with Gasteiger partial charge in [0.25, 0.3) is 5.91 Å². The van der Waals surface area contributed by atoms with Crippen LogP contribution in [0.2, 0.25) is 0 Å². The fourth-order valence-corrected chi connectivity index (χ4v) is 2.16. The Balaban J connectivity index is 1.87. The summed E-state index contributed by atoms with van der Waals surface area (Å²) in [6.07, 6.45) is 3.81. The summed E-state index contributed by atoms with van der Waals surface area (Å²) in [4.78, 5) is 25.3. The van der Waals surface area contributed by atoms with Crippen LogP contribution >= 0.6 is 0 Å². The smallest absolute Gasteiger partial charge is 0.251 e. The van der Waals surface area contributed by atoms with Crippen molar-refractivity contribution < 1.29 is 9.59 Å². The molecule has 1 aromatic heterocycles. The van der Waals surface area contributed by atoms with Gasteiger partial charge in [0.2, 0.25) is 5.91 Å². The Labute approximate surface area is 98.6 Å². The molecule has 1 aliphatic heterocycles. The fraction of sp³-hybridized carbons (Fsp3) is 0.545. The van der Waals surface area contributed by atoms with E-state index >= 15 is 0 Å². The number of hydrogen-bond acceptors (Lipinski definition) is 3. The molecular formula is C11H14N4O2. The van der Waals surface area contributed by atoms with Gasteiger partial charge in [-0.15, -0.1) is 0 Å². The van der Waals surface area contributed by atoms with Gasteiger partial charge >= 0.3 is 0 Å². The molecule has 1 atom stereocenters. The summed E-state index contributed by atoms with van der Waals surface area (Å²) in [5.41, 5.74) is 0. The molecule has 2 fully saturated rings. The van der Waals surface area contributed by atoms with Gasteiger partial charge in [-0.25, -0.2) is 0 Å². The Morgan fingerprint density at radius 3 is 2.76 bits per heavy atom. The summed E-state index contributed by atoms with van der Waals surface area (Å²) in [5, 5.41) is 6.95. The molecule has 17 heavy (non-hydrogen) atoms. The van der Waals surface area contributed by atoms with Gasteiger partial charge in [0.15, 0.2) is 5.82 Å². The summed E-state index contributed by atoms with van der Waals surface area (Å²) in [6, 6.07) is 1.40. The minimum Gasteiger partial charge on any atom is -0.342 e. The molecule has 0 aromatic carbocycles. The molecule has 1 unspecified atom stereocenters. The van der Waals surface area contributed by atoms with E-state index in [1.54, 1.807) is 24.0 Å². The fourth-order valence-electron chi connectivity index (χ4n) is 2.16. The van der Waals surface area contributed by atoms with Crippen LogP contribution in [-0.2, 0) is 16.6 Å². The number of anilines is 1. The van der Waals surface area contributed by atoms with Crippen molar-refractivity contribution >= 4 is 17.6 Å². The molecule has 90 valence electrons. The Morgan fingerprint density at radius 2 is 2.18 bits per heavy atom. The van der Waals surface area contributed by atoms with E-state index in [0.29, 0.717) is 11.7 Å². The molecule has 1 saturated heterocycles. The molecule has 0 bridgehead atoms. The molecule has 1 saturated carbocycles. The number of amides is 2. The first-order valence-electron chi connectivity index (χ1n) is 5.75. The van der Waals surface area contributed by atoms with Crippen molar-refractivity contribution in [2.75, 3.05) is 11.4 Å². The van der Waals surface area contributed by atoms with Crippen LogP contribution in [0.3, 0.4) is 0 Å². The first-order chi connectivity index (χ1) is 8.15. The quantitative estimate of drug-likeness (QED) is 0.761. The van der Waals surface area contributed by atoms with E-state index in [1.165, 1.54) is 4.90 Å². The molecule has 2 heterocycles. The van der Waals surface area contributed by atoms with Crippen LogP contribution in [0.5, 0.6) is 0 Å². The molecular weight excluding hydrogens is 220 g/mol. The van der Waals surface area contributed by atoms with E-state index in [-0.39, 0.29) is 24.4 Å². The number of nitrogens with one attached hydrogen (secondary N) is 1. The summed E-state index contributed by atoms with van der Waals surface area (Å²) >= 11 is 0. The van der Waals surface area contributed by atoms with E-state index in [4.69, 9.17) is 0 Å². The Bertz CT molecular complexity index is 478. The van der Waals surface area contributed by atoms with E-state index in [1.807, 2.05) is 0 Å².